The van der Waals surface area contributed by atoms with Gasteiger partial charge in [0.25, 0.3) is 0 Å². The summed E-state index contributed by atoms with van der Waals surface area (Å²) in [6.45, 7) is 10.6. The Bertz CT molecular complexity index is 502. The van der Waals surface area contributed by atoms with Crippen LogP contribution in [0.25, 0.3) is 0 Å². The SMILES string of the molecule is CCN1C(=O)C(C)c2cc(C(O)C(C)(C)C)ccc21. The molecule has 1 aliphatic heterocycles. The molecule has 3 nitrogen and oxygen atoms in total. The molecule has 0 saturated heterocycles. The van der Waals surface area contributed by atoms with Crippen LogP contribution in [-0.2, 0) is 4.79 Å². The summed E-state index contributed by atoms with van der Waals surface area (Å²) < 4.78 is 0. The zero-order valence-corrected chi connectivity index (χ0v) is 12.4. The second-order valence-electron chi connectivity index (χ2n) is 6.39. The number of rotatable bonds is 2. The average Bonchev–Trinajstić information content (AvgIpc) is 2.59. The Morgan fingerprint density at radius 1 is 1.37 bits per heavy atom. The number of fused-ring (bicyclic) bond motifs is 1. The van der Waals surface area contributed by atoms with E-state index in [0.717, 1.165) is 16.8 Å². The van der Waals surface area contributed by atoms with E-state index in [1.807, 2.05) is 57.7 Å². The number of hydrogen-bond acceptors (Lipinski definition) is 2. The van der Waals surface area contributed by atoms with Crippen molar-refractivity contribution in [1.82, 2.24) is 0 Å². The van der Waals surface area contributed by atoms with Crippen molar-refractivity contribution >= 4 is 11.6 Å². The van der Waals surface area contributed by atoms with Gasteiger partial charge in [0, 0.05) is 12.2 Å². The first-order valence-corrected chi connectivity index (χ1v) is 6.90. The van der Waals surface area contributed by atoms with E-state index in [-0.39, 0.29) is 17.2 Å². The van der Waals surface area contributed by atoms with Crippen LogP contribution in [0.4, 0.5) is 5.69 Å². The van der Waals surface area contributed by atoms with E-state index in [2.05, 4.69) is 0 Å². The number of amides is 1. The lowest BCUT2D eigenvalue weighted by molar-refractivity contribution is -0.118. The predicted molar refractivity (Wildman–Crippen MR) is 77.3 cm³/mol. The molecule has 0 aromatic heterocycles. The number of likely N-dealkylation sites (N-methyl/N-ethyl adjacent to an activating group) is 1. The second-order valence-corrected chi connectivity index (χ2v) is 6.39. The summed E-state index contributed by atoms with van der Waals surface area (Å²) in [6.07, 6.45) is -0.518. The van der Waals surface area contributed by atoms with Crippen LogP contribution in [0.2, 0.25) is 0 Å². The Hall–Kier alpha value is -1.35. The maximum atomic E-state index is 12.1. The standard InChI is InChI=1S/C16H23NO2/c1-6-17-13-8-7-11(14(18)16(3,4)5)9-12(13)10(2)15(17)19/h7-10,14,18H,6H2,1-5H3. The normalized spacial score (nSPS) is 20.6. The highest BCUT2D eigenvalue weighted by Gasteiger charge is 2.34. The highest BCUT2D eigenvalue weighted by atomic mass is 16.3. The molecule has 3 heteroatoms. The highest BCUT2D eigenvalue weighted by Crippen LogP contribution is 2.40. The lowest BCUT2D eigenvalue weighted by Crippen LogP contribution is -2.27. The Labute approximate surface area is 115 Å². The van der Waals surface area contributed by atoms with Crippen LogP contribution in [-0.4, -0.2) is 17.6 Å². The molecule has 1 amide bonds. The zero-order chi connectivity index (χ0) is 14.4. The summed E-state index contributed by atoms with van der Waals surface area (Å²) in [5.41, 5.74) is 2.71. The van der Waals surface area contributed by atoms with Gasteiger partial charge in [-0.2, -0.15) is 0 Å². The maximum Gasteiger partial charge on any atom is 0.234 e. The average molecular weight is 261 g/mol. The minimum atomic E-state index is -0.518. The topological polar surface area (TPSA) is 40.5 Å². The lowest BCUT2D eigenvalue weighted by Gasteiger charge is -2.26. The molecule has 0 spiro atoms. The summed E-state index contributed by atoms with van der Waals surface area (Å²) in [6, 6.07) is 5.89. The molecule has 104 valence electrons. The van der Waals surface area contributed by atoms with Crippen LogP contribution in [0.5, 0.6) is 0 Å². The van der Waals surface area contributed by atoms with Gasteiger partial charge in [-0.3, -0.25) is 4.79 Å². The molecule has 2 atom stereocenters. The van der Waals surface area contributed by atoms with Crippen molar-refractivity contribution < 1.29 is 9.90 Å². The minimum absolute atomic E-state index is 0.109. The van der Waals surface area contributed by atoms with Gasteiger partial charge in [-0.25, -0.2) is 0 Å². The monoisotopic (exact) mass is 261 g/mol. The van der Waals surface area contributed by atoms with Crippen molar-refractivity contribution in [2.24, 2.45) is 5.41 Å². The van der Waals surface area contributed by atoms with Gasteiger partial charge >= 0.3 is 0 Å². The van der Waals surface area contributed by atoms with Gasteiger partial charge in [-0.1, -0.05) is 32.9 Å². The smallest absolute Gasteiger partial charge is 0.234 e. The zero-order valence-electron chi connectivity index (χ0n) is 12.4. The van der Waals surface area contributed by atoms with E-state index in [1.54, 1.807) is 0 Å². The first kappa shape index (κ1) is 14.1. The van der Waals surface area contributed by atoms with Gasteiger partial charge in [0.15, 0.2) is 0 Å². The van der Waals surface area contributed by atoms with Gasteiger partial charge in [-0.05, 0) is 36.5 Å². The Morgan fingerprint density at radius 2 is 2.00 bits per heavy atom. The summed E-state index contributed by atoms with van der Waals surface area (Å²) in [7, 11) is 0. The molecule has 1 heterocycles. The number of aliphatic hydroxyl groups is 1. The van der Waals surface area contributed by atoms with Crippen molar-refractivity contribution in [2.45, 2.75) is 46.6 Å². The molecular formula is C16H23NO2. The Balaban J connectivity index is 2.44. The third-order valence-electron chi connectivity index (χ3n) is 3.90. The Kier molecular flexibility index (Phi) is 3.43. The van der Waals surface area contributed by atoms with Crippen LogP contribution in [0.15, 0.2) is 18.2 Å². The van der Waals surface area contributed by atoms with E-state index >= 15 is 0 Å². The van der Waals surface area contributed by atoms with Crippen molar-refractivity contribution in [3.8, 4) is 0 Å². The molecule has 0 bridgehead atoms. The third kappa shape index (κ3) is 2.27. The molecule has 0 fully saturated rings. The molecule has 0 radical (unpaired) electrons. The van der Waals surface area contributed by atoms with Gasteiger partial charge in [0.2, 0.25) is 5.91 Å². The second kappa shape index (κ2) is 4.64. The van der Waals surface area contributed by atoms with Crippen molar-refractivity contribution in [1.29, 1.82) is 0 Å². The summed E-state index contributed by atoms with van der Waals surface area (Å²) in [5.74, 6) is 0.0435. The fourth-order valence-electron chi connectivity index (χ4n) is 2.65. The molecule has 1 aromatic carbocycles. The number of benzene rings is 1. The number of aliphatic hydroxyl groups excluding tert-OH is 1. The predicted octanol–water partition coefficient (Wildman–Crippen LogP) is 3.24. The maximum absolute atomic E-state index is 12.1. The number of carbonyl (C=O) groups is 1. The van der Waals surface area contributed by atoms with Gasteiger partial charge in [-0.15, -0.1) is 0 Å². The van der Waals surface area contributed by atoms with E-state index in [0.29, 0.717) is 6.54 Å². The third-order valence-corrected chi connectivity index (χ3v) is 3.90. The van der Waals surface area contributed by atoms with E-state index in [1.165, 1.54) is 0 Å². The summed E-state index contributed by atoms with van der Waals surface area (Å²) >= 11 is 0. The van der Waals surface area contributed by atoms with E-state index in [4.69, 9.17) is 0 Å². The first-order valence-electron chi connectivity index (χ1n) is 6.90. The number of anilines is 1. The van der Waals surface area contributed by atoms with Crippen molar-refractivity contribution in [3.05, 3.63) is 29.3 Å². The lowest BCUT2D eigenvalue weighted by atomic mass is 9.84. The fraction of sp³-hybridized carbons (Fsp3) is 0.562. The molecular weight excluding hydrogens is 238 g/mol. The summed E-state index contributed by atoms with van der Waals surface area (Å²) in [4.78, 5) is 13.9. The number of nitrogens with zero attached hydrogens (tertiary/aromatic N) is 1. The van der Waals surface area contributed by atoms with E-state index in [9.17, 15) is 9.90 Å². The largest absolute Gasteiger partial charge is 0.388 e. The molecule has 0 saturated carbocycles. The van der Waals surface area contributed by atoms with Gasteiger partial charge in [0.1, 0.15) is 0 Å². The number of hydrogen-bond donors (Lipinski definition) is 1. The molecule has 1 aromatic rings. The quantitative estimate of drug-likeness (QED) is 0.888. The molecule has 2 unspecified atom stereocenters. The van der Waals surface area contributed by atoms with Crippen LogP contribution in [0.3, 0.4) is 0 Å². The van der Waals surface area contributed by atoms with Crippen LogP contribution in [0, 0.1) is 5.41 Å². The van der Waals surface area contributed by atoms with Crippen molar-refractivity contribution in [3.63, 3.8) is 0 Å². The van der Waals surface area contributed by atoms with Crippen LogP contribution >= 0.6 is 0 Å². The summed E-state index contributed by atoms with van der Waals surface area (Å²) in [5, 5.41) is 10.4. The van der Waals surface area contributed by atoms with E-state index < -0.39 is 6.10 Å². The highest BCUT2D eigenvalue weighted by molar-refractivity contribution is 6.04. The molecule has 2 rings (SSSR count). The molecule has 1 N–H and O–H groups in total. The minimum Gasteiger partial charge on any atom is -0.388 e. The fourth-order valence-corrected chi connectivity index (χ4v) is 2.65. The molecule has 1 aliphatic rings. The van der Waals surface area contributed by atoms with Crippen molar-refractivity contribution in [2.75, 3.05) is 11.4 Å². The molecule has 19 heavy (non-hydrogen) atoms. The van der Waals surface area contributed by atoms with Crippen LogP contribution in [0.1, 0.15) is 57.8 Å². The first-order chi connectivity index (χ1) is 8.77. The van der Waals surface area contributed by atoms with Gasteiger partial charge < -0.3 is 10.0 Å². The van der Waals surface area contributed by atoms with Gasteiger partial charge in [0.05, 0.1) is 12.0 Å². The Morgan fingerprint density at radius 3 is 2.53 bits per heavy atom. The number of carbonyl (C=O) groups excluding carboxylic acids is 1. The van der Waals surface area contributed by atoms with Crippen LogP contribution < -0.4 is 4.90 Å². The molecule has 0 aliphatic carbocycles.